The van der Waals surface area contributed by atoms with Gasteiger partial charge in [-0.2, -0.15) is 0 Å². The van der Waals surface area contributed by atoms with E-state index in [1.807, 2.05) is 13.3 Å². The second kappa shape index (κ2) is 6.94. The van der Waals surface area contributed by atoms with E-state index in [-0.39, 0.29) is 5.82 Å². The maximum Gasteiger partial charge on any atom is 0.141 e. The van der Waals surface area contributed by atoms with E-state index in [0.29, 0.717) is 37.8 Å². The van der Waals surface area contributed by atoms with Gasteiger partial charge in [-0.3, -0.25) is 4.79 Å². The van der Waals surface area contributed by atoms with Gasteiger partial charge >= 0.3 is 0 Å². The average Bonchev–Trinajstić information content (AvgIpc) is 2.57. The van der Waals surface area contributed by atoms with Crippen LogP contribution in [0.2, 0.25) is 0 Å². The van der Waals surface area contributed by atoms with Crippen molar-refractivity contribution in [3.63, 3.8) is 0 Å². The number of rotatable bonds is 4. The second-order valence-electron chi connectivity index (χ2n) is 5.90. The zero-order chi connectivity index (χ0) is 16.2. The van der Waals surface area contributed by atoms with E-state index >= 15 is 0 Å². The highest BCUT2D eigenvalue weighted by atomic mass is 19.1. The van der Waals surface area contributed by atoms with Gasteiger partial charge in [0.15, 0.2) is 0 Å². The molecule has 0 amide bonds. The maximum atomic E-state index is 13.1. The van der Waals surface area contributed by atoms with Gasteiger partial charge in [0.1, 0.15) is 23.1 Å². The largest absolute Gasteiger partial charge is 0.494 e. The van der Waals surface area contributed by atoms with Crippen LogP contribution in [0.3, 0.4) is 0 Å². The first-order chi connectivity index (χ1) is 11.2. The van der Waals surface area contributed by atoms with Crippen molar-refractivity contribution in [1.82, 2.24) is 4.90 Å². The highest BCUT2D eigenvalue weighted by molar-refractivity contribution is 5.80. The van der Waals surface area contributed by atoms with E-state index in [0.717, 1.165) is 29.9 Å². The topological polar surface area (TPSA) is 41.9 Å². The minimum atomic E-state index is -0.263. The Kier molecular flexibility index (Phi) is 4.74. The fourth-order valence-electron chi connectivity index (χ4n) is 3.10. The Morgan fingerprint density at radius 2 is 1.96 bits per heavy atom. The van der Waals surface area contributed by atoms with Gasteiger partial charge in [-0.25, -0.2) is 9.38 Å². The molecule has 23 heavy (non-hydrogen) atoms. The summed E-state index contributed by atoms with van der Waals surface area (Å²) in [6.07, 6.45) is 4.87. The number of nitrogens with zero attached hydrogens (tertiary/aromatic N) is 2. The molecule has 5 heteroatoms. The van der Waals surface area contributed by atoms with Crippen LogP contribution in [0.15, 0.2) is 35.0 Å². The Morgan fingerprint density at radius 1 is 1.26 bits per heavy atom. The summed E-state index contributed by atoms with van der Waals surface area (Å²) in [7, 11) is 0. The molecule has 0 saturated heterocycles. The molecule has 2 aliphatic rings. The number of carbonyl (C=O) groups excluding carboxylic acids is 1. The van der Waals surface area contributed by atoms with Gasteiger partial charge in [-0.05, 0) is 44.0 Å². The molecule has 1 aliphatic carbocycles. The second-order valence-corrected chi connectivity index (χ2v) is 5.90. The van der Waals surface area contributed by atoms with Crippen LogP contribution < -0.4 is 0 Å². The van der Waals surface area contributed by atoms with Crippen molar-refractivity contribution in [2.24, 2.45) is 4.99 Å². The molecule has 0 radical (unpaired) electrons. The SMILES string of the molecule is CCOC1=C(c2ccc(F)cc2)N=CN(C2CCC(=O)CC2)C1. The third-order valence-corrected chi connectivity index (χ3v) is 4.34. The lowest BCUT2D eigenvalue weighted by atomic mass is 9.93. The molecule has 0 atom stereocenters. The predicted molar refractivity (Wildman–Crippen MR) is 87.4 cm³/mol. The molecule has 4 nitrogen and oxygen atoms in total. The van der Waals surface area contributed by atoms with Crippen molar-refractivity contribution >= 4 is 17.8 Å². The molecule has 1 aromatic carbocycles. The lowest BCUT2D eigenvalue weighted by Gasteiger charge is -2.35. The summed E-state index contributed by atoms with van der Waals surface area (Å²) in [5.74, 6) is 0.891. The minimum Gasteiger partial charge on any atom is -0.494 e. The molecule has 1 aliphatic heterocycles. The van der Waals surface area contributed by atoms with Crippen LogP contribution >= 0.6 is 0 Å². The molecular formula is C18H21FN2O2. The van der Waals surface area contributed by atoms with Gasteiger partial charge in [0.25, 0.3) is 0 Å². The molecule has 1 saturated carbocycles. The fraction of sp³-hybridized carbons (Fsp3) is 0.444. The van der Waals surface area contributed by atoms with Gasteiger partial charge in [-0.15, -0.1) is 0 Å². The fourth-order valence-corrected chi connectivity index (χ4v) is 3.10. The monoisotopic (exact) mass is 316 g/mol. The highest BCUT2D eigenvalue weighted by Gasteiger charge is 2.27. The number of ketones is 1. The lowest BCUT2D eigenvalue weighted by Crippen LogP contribution is -2.40. The van der Waals surface area contributed by atoms with Crippen LogP contribution in [0.4, 0.5) is 4.39 Å². The number of hydrogen-bond donors (Lipinski definition) is 0. The van der Waals surface area contributed by atoms with Gasteiger partial charge in [0, 0.05) is 24.4 Å². The molecule has 0 aromatic heterocycles. The highest BCUT2D eigenvalue weighted by Crippen LogP contribution is 2.28. The van der Waals surface area contributed by atoms with Gasteiger partial charge in [-0.1, -0.05) is 0 Å². The Balaban J connectivity index is 1.79. The molecule has 0 spiro atoms. The molecule has 122 valence electrons. The Hall–Kier alpha value is -2.17. The maximum absolute atomic E-state index is 13.1. The Labute approximate surface area is 135 Å². The van der Waals surface area contributed by atoms with Gasteiger partial charge in [0.05, 0.1) is 19.5 Å². The number of halogens is 1. The van der Waals surface area contributed by atoms with Crippen molar-refractivity contribution in [1.29, 1.82) is 0 Å². The van der Waals surface area contributed by atoms with Crippen LogP contribution in [-0.4, -0.2) is 36.2 Å². The molecule has 3 rings (SSSR count). The first-order valence-corrected chi connectivity index (χ1v) is 8.11. The number of aliphatic imine (C=N–C) groups is 1. The summed E-state index contributed by atoms with van der Waals surface area (Å²) in [5.41, 5.74) is 1.61. The van der Waals surface area contributed by atoms with Crippen LogP contribution in [0, 0.1) is 5.82 Å². The smallest absolute Gasteiger partial charge is 0.141 e. The molecule has 1 heterocycles. The van der Waals surface area contributed by atoms with E-state index in [4.69, 9.17) is 4.74 Å². The lowest BCUT2D eigenvalue weighted by molar-refractivity contribution is -0.121. The summed E-state index contributed by atoms with van der Waals surface area (Å²) in [6, 6.07) is 6.63. The molecular weight excluding hydrogens is 295 g/mol. The third kappa shape index (κ3) is 3.60. The van der Waals surface area contributed by atoms with E-state index < -0.39 is 0 Å². The molecule has 1 fully saturated rings. The van der Waals surface area contributed by atoms with E-state index in [2.05, 4.69) is 9.89 Å². The van der Waals surface area contributed by atoms with Crippen LogP contribution in [0.25, 0.3) is 5.70 Å². The van der Waals surface area contributed by atoms with Gasteiger partial charge in [0.2, 0.25) is 0 Å². The summed E-state index contributed by atoms with van der Waals surface area (Å²) >= 11 is 0. The zero-order valence-electron chi connectivity index (χ0n) is 13.3. The van der Waals surface area contributed by atoms with E-state index in [1.165, 1.54) is 12.1 Å². The van der Waals surface area contributed by atoms with E-state index in [1.54, 1.807) is 12.1 Å². The van der Waals surface area contributed by atoms with E-state index in [9.17, 15) is 9.18 Å². The Bertz CT molecular complexity index is 627. The van der Waals surface area contributed by atoms with Crippen molar-refractivity contribution in [3.05, 3.63) is 41.4 Å². The molecule has 1 aromatic rings. The number of ether oxygens (including phenoxy) is 1. The average molecular weight is 316 g/mol. The number of hydrogen-bond acceptors (Lipinski definition) is 4. The van der Waals surface area contributed by atoms with Crippen LogP contribution in [0.1, 0.15) is 38.2 Å². The number of carbonyl (C=O) groups is 1. The quantitative estimate of drug-likeness (QED) is 0.855. The summed E-state index contributed by atoms with van der Waals surface area (Å²) in [6.45, 7) is 3.15. The third-order valence-electron chi connectivity index (χ3n) is 4.34. The zero-order valence-corrected chi connectivity index (χ0v) is 13.3. The summed E-state index contributed by atoms with van der Waals surface area (Å²) in [4.78, 5) is 18.1. The molecule has 0 N–H and O–H groups in total. The summed E-state index contributed by atoms with van der Waals surface area (Å²) in [5, 5.41) is 0. The predicted octanol–water partition coefficient (Wildman–Crippen LogP) is 3.39. The van der Waals surface area contributed by atoms with Crippen molar-refractivity contribution in [2.45, 2.75) is 38.6 Å². The standard InChI is InChI=1S/C18H21FN2O2/c1-2-23-17-11-21(15-7-9-16(22)10-8-15)12-20-18(17)13-3-5-14(19)6-4-13/h3-6,12,15H,2,7-11H2,1H3. The first kappa shape index (κ1) is 15.7. The first-order valence-electron chi connectivity index (χ1n) is 8.11. The number of Topliss-reactive ketones (excluding diaryl/α,β-unsaturated/α-hetero) is 1. The number of benzene rings is 1. The van der Waals surface area contributed by atoms with Crippen molar-refractivity contribution < 1.29 is 13.9 Å². The van der Waals surface area contributed by atoms with Crippen molar-refractivity contribution in [3.8, 4) is 0 Å². The van der Waals surface area contributed by atoms with Gasteiger partial charge < -0.3 is 9.64 Å². The van der Waals surface area contributed by atoms with Crippen LogP contribution in [0.5, 0.6) is 0 Å². The minimum absolute atomic E-state index is 0.263. The molecule has 0 bridgehead atoms. The summed E-state index contributed by atoms with van der Waals surface area (Å²) < 4.78 is 18.9. The van der Waals surface area contributed by atoms with Crippen LogP contribution in [-0.2, 0) is 9.53 Å². The van der Waals surface area contributed by atoms with Crippen molar-refractivity contribution in [2.75, 3.05) is 13.2 Å². The Morgan fingerprint density at radius 3 is 2.61 bits per heavy atom. The molecule has 0 unspecified atom stereocenters. The normalized spacial score (nSPS) is 19.4.